The first-order valence-electron chi connectivity index (χ1n) is 8.08. The van der Waals surface area contributed by atoms with E-state index in [1.165, 1.54) is 30.6 Å². The zero-order chi connectivity index (χ0) is 14.8. The molecule has 0 bridgehead atoms. The first-order valence-corrected chi connectivity index (χ1v) is 8.90. The maximum atomic E-state index is 6.42. The molecular weight excluding hydrogens is 278 g/mol. The van der Waals surface area contributed by atoms with Crippen molar-refractivity contribution in [3.63, 3.8) is 0 Å². The molecule has 21 heavy (non-hydrogen) atoms. The minimum absolute atomic E-state index is 0.0842. The van der Waals surface area contributed by atoms with Gasteiger partial charge in [-0.3, -0.25) is 4.68 Å². The van der Waals surface area contributed by atoms with Gasteiger partial charge in [-0.15, -0.1) is 11.3 Å². The molecule has 0 amide bonds. The summed E-state index contributed by atoms with van der Waals surface area (Å²) in [5.74, 6) is 0. The van der Waals surface area contributed by atoms with E-state index in [2.05, 4.69) is 42.0 Å². The van der Waals surface area contributed by atoms with Crippen LogP contribution in [-0.4, -0.2) is 9.78 Å². The summed E-state index contributed by atoms with van der Waals surface area (Å²) in [6, 6.07) is 5.00. The highest BCUT2D eigenvalue weighted by atomic mass is 32.1. The Morgan fingerprint density at radius 1 is 1.38 bits per heavy atom. The van der Waals surface area contributed by atoms with E-state index in [-0.39, 0.29) is 6.04 Å². The molecule has 0 aromatic carbocycles. The van der Waals surface area contributed by atoms with Gasteiger partial charge in [0, 0.05) is 34.5 Å². The van der Waals surface area contributed by atoms with Crippen LogP contribution in [0.5, 0.6) is 0 Å². The van der Waals surface area contributed by atoms with Crippen LogP contribution in [0.25, 0.3) is 0 Å². The third kappa shape index (κ3) is 3.22. The number of aromatic nitrogens is 2. The average molecular weight is 303 g/mol. The molecule has 0 saturated heterocycles. The molecule has 0 radical (unpaired) electrons. The number of aryl methyl sites for hydroxylation is 2. The fourth-order valence-electron chi connectivity index (χ4n) is 2.94. The van der Waals surface area contributed by atoms with Gasteiger partial charge in [-0.25, -0.2) is 0 Å². The molecule has 1 aliphatic carbocycles. The zero-order valence-corrected chi connectivity index (χ0v) is 13.8. The molecule has 2 aromatic heterocycles. The average Bonchev–Trinajstić information content (AvgIpc) is 3.12. The van der Waals surface area contributed by atoms with Gasteiger partial charge in [0.25, 0.3) is 0 Å². The summed E-state index contributed by atoms with van der Waals surface area (Å²) in [7, 11) is 0. The van der Waals surface area contributed by atoms with E-state index in [0.29, 0.717) is 6.04 Å². The van der Waals surface area contributed by atoms with Gasteiger partial charge in [0.1, 0.15) is 0 Å². The van der Waals surface area contributed by atoms with Gasteiger partial charge < -0.3 is 5.73 Å². The Morgan fingerprint density at radius 2 is 2.19 bits per heavy atom. The smallest absolute Gasteiger partial charge is 0.0643 e. The van der Waals surface area contributed by atoms with E-state index in [4.69, 9.17) is 5.73 Å². The van der Waals surface area contributed by atoms with E-state index in [0.717, 1.165) is 18.5 Å². The molecule has 3 nitrogen and oxygen atoms in total. The van der Waals surface area contributed by atoms with Crippen molar-refractivity contribution < 1.29 is 0 Å². The minimum Gasteiger partial charge on any atom is -0.323 e. The molecule has 2 N–H and O–H groups in total. The maximum absolute atomic E-state index is 6.42. The first kappa shape index (κ1) is 14.8. The van der Waals surface area contributed by atoms with E-state index >= 15 is 0 Å². The molecule has 0 fully saturated rings. The van der Waals surface area contributed by atoms with Crippen LogP contribution in [0.2, 0.25) is 0 Å². The van der Waals surface area contributed by atoms with Gasteiger partial charge >= 0.3 is 0 Å². The van der Waals surface area contributed by atoms with Crippen molar-refractivity contribution in [2.24, 2.45) is 5.73 Å². The lowest BCUT2D eigenvalue weighted by molar-refractivity contribution is 0.472. The SMILES string of the molecule is CCC(C)n1ccc(CC(N)c2cc3c(s2)CCCC3)n1. The van der Waals surface area contributed by atoms with Gasteiger partial charge in [-0.1, -0.05) is 6.92 Å². The van der Waals surface area contributed by atoms with Gasteiger partial charge in [-0.2, -0.15) is 5.10 Å². The van der Waals surface area contributed by atoms with Crippen LogP contribution in [0.1, 0.15) is 66.2 Å². The Bertz CT molecular complexity index is 575. The summed E-state index contributed by atoms with van der Waals surface area (Å²) >= 11 is 1.92. The fourth-order valence-corrected chi connectivity index (χ4v) is 4.20. The summed E-state index contributed by atoms with van der Waals surface area (Å²) < 4.78 is 2.06. The van der Waals surface area contributed by atoms with Gasteiger partial charge in [-0.05, 0) is 56.7 Å². The second-order valence-electron chi connectivity index (χ2n) is 6.16. The molecule has 114 valence electrons. The summed E-state index contributed by atoms with van der Waals surface area (Å²) in [5.41, 5.74) is 9.07. The van der Waals surface area contributed by atoms with Crippen molar-refractivity contribution in [1.29, 1.82) is 0 Å². The Morgan fingerprint density at radius 3 is 2.95 bits per heavy atom. The standard InChI is InChI=1S/C17H25N3S/c1-3-12(2)20-9-8-14(19-20)11-15(18)17-10-13-6-4-5-7-16(13)21-17/h8-10,12,15H,3-7,11,18H2,1-2H3. The Labute approximate surface area is 131 Å². The highest BCUT2D eigenvalue weighted by molar-refractivity contribution is 7.12. The molecular formula is C17H25N3S. The van der Waals surface area contributed by atoms with Crippen LogP contribution in [-0.2, 0) is 19.3 Å². The molecule has 3 rings (SSSR count). The van der Waals surface area contributed by atoms with Crippen LogP contribution in [0.4, 0.5) is 0 Å². The van der Waals surface area contributed by atoms with Crippen LogP contribution < -0.4 is 5.73 Å². The van der Waals surface area contributed by atoms with E-state index in [1.807, 2.05) is 11.3 Å². The van der Waals surface area contributed by atoms with Crippen molar-refractivity contribution in [3.8, 4) is 0 Å². The lowest BCUT2D eigenvalue weighted by Crippen LogP contribution is -2.13. The fraction of sp³-hybridized carbons (Fsp3) is 0.588. The second kappa shape index (κ2) is 6.32. The maximum Gasteiger partial charge on any atom is 0.0643 e. The summed E-state index contributed by atoms with van der Waals surface area (Å²) in [4.78, 5) is 2.90. The van der Waals surface area contributed by atoms with Crippen LogP contribution in [0.15, 0.2) is 18.3 Å². The van der Waals surface area contributed by atoms with Gasteiger partial charge in [0.15, 0.2) is 0 Å². The Hall–Kier alpha value is -1.13. The van der Waals surface area contributed by atoms with Crippen LogP contribution >= 0.6 is 11.3 Å². The van der Waals surface area contributed by atoms with Gasteiger partial charge in [0.2, 0.25) is 0 Å². The van der Waals surface area contributed by atoms with Crippen molar-refractivity contribution in [2.45, 2.75) is 64.5 Å². The predicted molar refractivity (Wildman–Crippen MR) is 88.8 cm³/mol. The topological polar surface area (TPSA) is 43.8 Å². The molecule has 0 spiro atoms. The third-order valence-corrected chi connectivity index (χ3v) is 5.89. The van der Waals surface area contributed by atoms with E-state index < -0.39 is 0 Å². The molecule has 2 heterocycles. The molecule has 2 atom stereocenters. The lowest BCUT2D eigenvalue weighted by atomic mass is 9.98. The van der Waals surface area contributed by atoms with Crippen molar-refractivity contribution >= 4 is 11.3 Å². The summed E-state index contributed by atoms with van der Waals surface area (Å²) in [6.07, 6.45) is 9.17. The van der Waals surface area contributed by atoms with Crippen LogP contribution in [0, 0.1) is 0 Å². The number of fused-ring (bicyclic) bond motifs is 1. The van der Waals surface area contributed by atoms with Crippen molar-refractivity contribution in [2.75, 3.05) is 0 Å². The summed E-state index contributed by atoms with van der Waals surface area (Å²) in [5, 5.41) is 4.67. The van der Waals surface area contributed by atoms with Gasteiger partial charge in [0.05, 0.1) is 5.69 Å². The Balaban J connectivity index is 1.69. The molecule has 2 aromatic rings. The number of hydrogen-bond acceptors (Lipinski definition) is 3. The Kier molecular flexibility index (Phi) is 4.45. The third-order valence-electron chi connectivity index (χ3n) is 4.52. The molecule has 4 heteroatoms. The predicted octanol–water partition coefficient (Wildman–Crippen LogP) is 4.04. The summed E-state index contributed by atoms with van der Waals surface area (Å²) in [6.45, 7) is 4.39. The van der Waals surface area contributed by atoms with E-state index in [9.17, 15) is 0 Å². The zero-order valence-electron chi connectivity index (χ0n) is 13.0. The molecule has 0 aliphatic heterocycles. The van der Waals surface area contributed by atoms with Crippen LogP contribution in [0.3, 0.4) is 0 Å². The van der Waals surface area contributed by atoms with E-state index in [1.54, 1.807) is 10.4 Å². The number of nitrogens with two attached hydrogens (primary N) is 1. The highest BCUT2D eigenvalue weighted by Gasteiger charge is 2.18. The molecule has 1 aliphatic rings. The number of rotatable bonds is 5. The monoisotopic (exact) mass is 303 g/mol. The molecule has 0 saturated carbocycles. The first-order chi connectivity index (χ1) is 10.2. The quantitative estimate of drug-likeness (QED) is 0.906. The van der Waals surface area contributed by atoms with Crippen molar-refractivity contribution in [1.82, 2.24) is 9.78 Å². The number of nitrogens with zero attached hydrogens (tertiary/aromatic N) is 2. The minimum atomic E-state index is 0.0842. The largest absolute Gasteiger partial charge is 0.323 e. The number of thiophene rings is 1. The normalized spacial score (nSPS) is 17.5. The number of hydrogen-bond donors (Lipinski definition) is 1. The van der Waals surface area contributed by atoms with Crippen molar-refractivity contribution in [3.05, 3.63) is 39.3 Å². The second-order valence-corrected chi connectivity index (χ2v) is 7.33. The highest BCUT2D eigenvalue weighted by Crippen LogP contribution is 2.33. The lowest BCUT2D eigenvalue weighted by Gasteiger charge is -2.09. The molecule has 2 unspecified atom stereocenters.